The average molecular weight is 288 g/mol. The predicted molar refractivity (Wildman–Crippen MR) is 72.6 cm³/mol. The third-order valence-corrected chi connectivity index (χ3v) is 4.60. The van der Waals surface area contributed by atoms with Crippen LogP contribution in [0.4, 0.5) is 0 Å². The van der Waals surface area contributed by atoms with Crippen molar-refractivity contribution in [2.24, 2.45) is 5.92 Å². The Morgan fingerprint density at radius 2 is 2.05 bits per heavy atom. The summed E-state index contributed by atoms with van der Waals surface area (Å²) in [7, 11) is 0. The highest BCUT2D eigenvalue weighted by Crippen LogP contribution is 2.37. The zero-order valence-corrected chi connectivity index (χ0v) is 12.4. The monoisotopic (exact) mass is 288 g/mol. The first-order valence-corrected chi connectivity index (χ1v) is 7.10. The Bertz CT molecular complexity index is 384. The van der Waals surface area contributed by atoms with E-state index in [1.54, 1.807) is 13.8 Å². The summed E-state index contributed by atoms with van der Waals surface area (Å²) in [5, 5.41) is 11.6. The maximum atomic E-state index is 12.1. The summed E-state index contributed by atoms with van der Waals surface area (Å²) < 4.78 is 0. The van der Waals surface area contributed by atoms with Gasteiger partial charge in [-0.2, -0.15) is 0 Å². The van der Waals surface area contributed by atoms with Crippen LogP contribution in [0.3, 0.4) is 0 Å². The lowest BCUT2D eigenvalue weighted by Gasteiger charge is -2.31. The van der Waals surface area contributed by atoms with E-state index in [-0.39, 0.29) is 5.92 Å². The molecule has 1 rings (SSSR count). The standard InChI is InChI=1S/C12H20N2O4S/c1-7(2)9(11(17)18)13-10(16)8-5-19-12(3,4)14(8)6-15/h6-9H,5H2,1-4H3,(H,13,16)(H,17,18). The van der Waals surface area contributed by atoms with Gasteiger partial charge in [-0.15, -0.1) is 11.8 Å². The van der Waals surface area contributed by atoms with Crippen molar-refractivity contribution in [1.82, 2.24) is 10.2 Å². The second kappa shape index (κ2) is 5.81. The predicted octanol–water partition coefficient (Wildman–Crippen LogP) is 0.522. The maximum Gasteiger partial charge on any atom is 0.326 e. The fraction of sp³-hybridized carbons (Fsp3) is 0.750. The van der Waals surface area contributed by atoms with Crippen molar-refractivity contribution < 1.29 is 19.5 Å². The van der Waals surface area contributed by atoms with Crippen molar-refractivity contribution in [2.45, 2.75) is 44.6 Å². The van der Waals surface area contributed by atoms with Gasteiger partial charge in [0.05, 0.1) is 4.87 Å². The number of nitrogens with one attached hydrogen (secondary N) is 1. The molecule has 2 atom stereocenters. The molecule has 1 heterocycles. The summed E-state index contributed by atoms with van der Waals surface area (Å²) in [6.45, 7) is 7.17. The van der Waals surface area contributed by atoms with Crippen LogP contribution in [0.2, 0.25) is 0 Å². The van der Waals surface area contributed by atoms with Crippen molar-refractivity contribution in [3.8, 4) is 0 Å². The molecule has 0 aliphatic carbocycles. The van der Waals surface area contributed by atoms with E-state index in [0.717, 1.165) is 0 Å². The lowest BCUT2D eigenvalue weighted by molar-refractivity contribution is -0.144. The summed E-state index contributed by atoms with van der Waals surface area (Å²) in [5.74, 6) is -1.22. The number of carbonyl (C=O) groups is 3. The van der Waals surface area contributed by atoms with Crippen LogP contribution in [-0.2, 0) is 14.4 Å². The third kappa shape index (κ3) is 3.40. The molecule has 2 N–H and O–H groups in total. The van der Waals surface area contributed by atoms with Crippen LogP contribution in [-0.4, -0.2) is 51.0 Å². The smallest absolute Gasteiger partial charge is 0.326 e. The number of amides is 2. The number of aliphatic carboxylic acids is 1. The highest BCUT2D eigenvalue weighted by molar-refractivity contribution is 8.00. The van der Waals surface area contributed by atoms with Gasteiger partial charge in [-0.05, 0) is 19.8 Å². The Hall–Kier alpha value is -1.24. The molecule has 1 aliphatic rings. The van der Waals surface area contributed by atoms with E-state index in [0.29, 0.717) is 12.2 Å². The topological polar surface area (TPSA) is 86.7 Å². The number of carboxylic acids is 1. The van der Waals surface area contributed by atoms with Crippen LogP contribution >= 0.6 is 11.8 Å². The van der Waals surface area contributed by atoms with Crippen LogP contribution in [0.1, 0.15) is 27.7 Å². The summed E-state index contributed by atoms with van der Waals surface area (Å²) in [4.78, 5) is 35.3. The zero-order valence-electron chi connectivity index (χ0n) is 11.5. The van der Waals surface area contributed by atoms with Gasteiger partial charge in [0.15, 0.2) is 0 Å². The molecule has 0 spiro atoms. The van der Waals surface area contributed by atoms with E-state index in [9.17, 15) is 14.4 Å². The Labute approximate surface area is 116 Å². The van der Waals surface area contributed by atoms with Crippen LogP contribution in [0, 0.1) is 5.92 Å². The normalized spacial score (nSPS) is 23.2. The van der Waals surface area contributed by atoms with Crippen molar-refractivity contribution in [2.75, 3.05) is 5.75 Å². The molecule has 2 amide bonds. The Balaban J connectivity index is 2.78. The minimum absolute atomic E-state index is 0.215. The third-order valence-electron chi connectivity index (χ3n) is 3.20. The number of carbonyl (C=O) groups excluding carboxylic acids is 2. The van der Waals surface area contributed by atoms with E-state index in [2.05, 4.69) is 5.32 Å². The molecule has 2 unspecified atom stereocenters. The van der Waals surface area contributed by atoms with E-state index < -0.39 is 28.8 Å². The first-order chi connectivity index (χ1) is 8.70. The highest BCUT2D eigenvalue weighted by atomic mass is 32.2. The Morgan fingerprint density at radius 1 is 1.47 bits per heavy atom. The van der Waals surface area contributed by atoms with Gasteiger partial charge in [-0.3, -0.25) is 9.59 Å². The van der Waals surface area contributed by atoms with Crippen molar-refractivity contribution in [3.05, 3.63) is 0 Å². The molecule has 19 heavy (non-hydrogen) atoms. The Kier molecular flexibility index (Phi) is 4.84. The quantitative estimate of drug-likeness (QED) is 0.720. The molecule has 0 aromatic carbocycles. The van der Waals surface area contributed by atoms with Gasteiger partial charge in [0.25, 0.3) is 0 Å². The summed E-state index contributed by atoms with van der Waals surface area (Å²) in [6, 6.07) is -1.55. The second-order valence-electron chi connectivity index (χ2n) is 5.35. The summed E-state index contributed by atoms with van der Waals surface area (Å²) >= 11 is 1.50. The molecule has 0 aromatic rings. The molecule has 108 valence electrons. The molecule has 0 radical (unpaired) electrons. The molecular formula is C12H20N2O4S. The second-order valence-corrected chi connectivity index (χ2v) is 6.98. The van der Waals surface area contributed by atoms with Gasteiger partial charge >= 0.3 is 5.97 Å². The molecule has 0 aromatic heterocycles. The Morgan fingerprint density at radius 3 is 2.47 bits per heavy atom. The fourth-order valence-corrected chi connectivity index (χ4v) is 3.18. The zero-order chi connectivity index (χ0) is 14.8. The first-order valence-electron chi connectivity index (χ1n) is 6.11. The minimum Gasteiger partial charge on any atom is -0.480 e. The number of hydrogen-bond acceptors (Lipinski definition) is 4. The van der Waals surface area contributed by atoms with E-state index in [4.69, 9.17) is 5.11 Å². The molecule has 1 aliphatic heterocycles. The van der Waals surface area contributed by atoms with Gasteiger partial charge < -0.3 is 15.3 Å². The molecule has 0 saturated carbocycles. The van der Waals surface area contributed by atoms with E-state index in [1.165, 1.54) is 16.7 Å². The van der Waals surface area contributed by atoms with Gasteiger partial charge in [0.1, 0.15) is 12.1 Å². The molecule has 7 heteroatoms. The van der Waals surface area contributed by atoms with Crippen molar-refractivity contribution in [1.29, 1.82) is 0 Å². The molecule has 0 bridgehead atoms. The van der Waals surface area contributed by atoms with Gasteiger partial charge in [-0.1, -0.05) is 13.8 Å². The van der Waals surface area contributed by atoms with Crippen molar-refractivity contribution >= 4 is 30.0 Å². The minimum atomic E-state index is -1.06. The highest BCUT2D eigenvalue weighted by Gasteiger charge is 2.43. The average Bonchev–Trinajstić information content (AvgIpc) is 2.59. The number of thioether (sulfide) groups is 1. The largest absolute Gasteiger partial charge is 0.480 e. The van der Waals surface area contributed by atoms with Crippen LogP contribution < -0.4 is 5.32 Å². The van der Waals surface area contributed by atoms with Gasteiger partial charge in [-0.25, -0.2) is 4.79 Å². The number of hydrogen-bond donors (Lipinski definition) is 2. The summed E-state index contributed by atoms with van der Waals surface area (Å²) in [6.07, 6.45) is 0.648. The molecule has 1 fully saturated rings. The van der Waals surface area contributed by atoms with Crippen molar-refractivity contribution in [3.63, 3.8) is 0 Å². The molecule has 6 nitrogen and oxygen atoms in total. The van der Waals surface area contributed by atoms with Gasteiger partial charge in [0.2, 0.25) is 12.3 Å². The van der Waals surface area contributed by atoms with Crippen LogP contribution in [0.25, 0.3) is 0 Å². The van der Waals surface area contributed by atoms with Crippen LogP contribution in [0.5, 0.6) is 0 Å². The molecule has 1 saturated heterocycles. The molecular weight excluding hydrogens is 268 g/mol. The number of rotatable bonds is 5. The lowest BCUT2D eigenvalue weighted by atomic mass is 10.0. The van der Waals surface area contributed by atoms with Crippen LogP contribution in [0.15, 0.2) is 0 Å². The van der Waals surface area contributed by atoms with Gasteiger partial charge in [0, 0.05) is 5.75 Å². The number of nitrogens with zero attached hydrogens (tertiary/aromatic N) is 1. The summed E-state index contributed by atoms with van der Waals surface area (Å²) in [5.41, 5.74) is 0. The fourth-order valence-electron chi connectivity index (χ4n) is 1.98. The SMILES string of the molecule is CC(C)C(NC(=O)C1CSC(C)(C)N1C=O)C(=O)O. The first kappa shape index (κ1) is 15.8. The maximum absolute atomic E-state index is 12.1. The van der Waals surface area contributed by atoms with E-state index >= 15 is 0 Å². The van der Waals surface area contributed by atoms with E-state index in [1.807, 2.05) is 13.8 Å². The lowest BCUT2D eigenvalue weighted by Crippen LogP contribution is -2.54. The number of carboxylic acid groups (broad SMARTS) is 1.